The Morgan fingerprint density at radius 1 is 1.04 bits per heavy atom. The van der Waals surface area contributed by atoms with E-state index in [-0.39, 0.29) is 30.3 Å². The van der Waals surface area contributed by atoms with Crippen LogP contribution in [-0.4, -0.2) is 24.0 Å². The van der Waals surface area contributed by atoms with Crippen molar-refractivity contribution in [2.45, 2.75) is 18.6 Å². The average molecular weight is 424 g/mol. The molecule has 0 heterocycles. The number of amides is 1. The summed E-state index contributed by atoms with van der Waals surface area (Å²) in [6, 6.07) is 13.8. The molecule has 2 aromatic carbocycles. The normalized spacial score (nSPS) is 10.5. The van der Waals surface area contributed by atoms with Crippen molar-refractivity contribution >= 4 is 39.4 Å². The van der Waals surface area contributed by atoms with Crippen LogP contribution < -0.4 is 5.32 Å². The number of Topliss-reactive ketones (excluding diaryl/α,β-unsaturated/α-hetero) is 1. The maximum atomic E-state index is 13.4. The van der Waals surface area contributed by atoms with Crippen molar-refractivity contribution in [3.05, 3.63) is 69.9 Å². The standard InChI is InChI=1S/C19H19BrFNO2S/c20-16-7-5-14(6-8-16)18(23)9-10-19(24)22-11-12-25-13-15-3-1-2-4-17(15)21/h1-8H,9-13H2,(H,22,24). The number of carbonyl (C=O) groups is 2. The summed E-state index contributed by atoms with van der Waals surface area (Å²) in [5.41, 5.74) is 1.27. The number of carbonyl (C=O) groups excluding carboxylic acids is 2. The molecule has 0 spiro atoms. The van der Waals surface area contributed by atoms with E-state index in [0.29, 0.717) is 29.2 Å². The quantitative estimate of drug-likeness (QED) is 0.473. The van der Waals surface area contributed by atoms with Crippen molar-refractivity contribution in [2.24, 2.45) is 0 Å². The van der Waals surface area contributed by atoms with E-state index >= 15 is 0 Å². The summed E-state index contributed by atoms with van der Waals surface area (Å²) in [7, 11) is 0. The molecular weight excluding hydrogens is 405 g/mol. The Balaban J connectivity index is 1.60. The van der Waals surface area contributed by atoms with Crippen LogP contribution in [0.1, 0.15) is 28.8 Å². The van der Waals surface area contributed by atoms with Crippen LogP contribution in [0.25, 0.3) is 0 Å². The van der Waals surface area contributed by atoms with Crippen LogP contribution >= 0.6 is 27.7 Å². The van der Waals surface area contributed by atoms with Crippen molar-refractivity contribution < 1.29 is 14.0 Å². The number of nitrogens with one attached hydrogen (secondary N) is 1. The number of hydrogen-bond acceptors (Lipinski definition) is 3. The molecule has 2 rings (SSSR count). The molecule has 0 unspecified atom stereocenters. The molecule has 0 saturated carbocycles. The lowest BCUT2D eigenvalue weighted by Gasteiger charge is -2.06. The maximum absolute atomic E-state index is 13.4. The smallest absolute Gasteiger partial charge is 0.220 e. The average Bonchev–Trinajstić information content (AvgIpc) is 2.61. The second kappa shape index (κ2) is 10.4. The highest BCUT2D eigenvalue weighted by molar-refractivity contribution is 9.10. The number of rotatable bonds is 9. The third kappa shape index (κ3) is 7.00. The van der Waals surface area contributed by atoms with Gasteiger partial charge in [-0.3, -0.25) is 9.59 Å². The zero-order valence-corrected chi connectivity index (χ0v) is 16.0. The summed E-state index contributed by atoms with van der Waals surface area (Å²) in [5.74, 6) is 0.879. The molecule has 0 atom stereocenters. The minimum absolute atomic E-state index is 0.0448. The molecule has 0 bridgehead atoms. The Hall–Kier alpha value is -1.66. The molecule has 0 radical (unpaired) electrons. The lowest BCUT2D eigenvalue weighted by Crippen LogP contribution is -2.26. The van der Waals surface area contributed by atoms with Gasteiger partial charge in [0.2, 0.25) is 5.91 Å². The van der Waals surface area contributed by atoms with Crippen molar-refractivity contribution in [3.63, 3.8) is 0 Å². The van der Waals surface area contributed by atoms with E-state index in [2.05, 4.69) is 21.2 Å². The molecule has 0 saturated heterocycles. The lowest BCUT2D eigenvalue weighted by molar-refractivity contribution is -0.120. The van der Waals surface area contributed by atoms with Crippen molar-refractivity contribution in [2.75, 3.05) is 12.3 Å². The van der Waals surface area contributed by atoms with Gasteiger partial charge in [-0.1, -0.05) is 46.3 Å². The molecule has 3 nitrogen and oxygen atoms in total. The van der Waals surface area contributed by atoms with Crippen LogP contribution in [0.5, 0.6) is 0 Å². The third-order valence-electron chi connectivity index (χ3n) is 3.53. The van der Waals surface area contributed by atoms with Crippen molar-refractivity contribution in [1.29, 1.82) is 0 Å². The number of thioether (sulfide) groups is 1. The van der Waals surface area contributed by atoms with Crippen LogP contribution in [0.15, 0.2) is 53.0 Å². The molecule has 0 aromatic heterocycles. The van der Waals surface area contributed by atoms with Gasteiger partial charge in [-0.15, -0.1) is 0 Å². The summed E-state index contributed by atoms with van der Waals surface area (Å²) >= 11 is 4.88. The Morgan fingerprint density at radius 3 is 2.48 bits per heavy atom. The minimum Gasteiger partial charge on any atom is -0.355 e. The van der Waals surface area contributed by atoms with Gasteiger partial charge in [0.15, 0.2) is 5.78 Å². The zero-order chi connectivity index (χ0) is 18.1. The summed E-state index contributed by atoms with van der Waals surface area (Å²) < 4.78 is 14.4. The predicted octanol–water partition coefficient (Wildman–Crippen LogP) is 4.60. The SMILES string of the molecule is O=C(CCC(=O)c1ccc(Br)cc1)NCCSCc1ccccc1F. The first-order chi connectivity index (χ1) is 12.1. The first-order valence-electron chi connectivity index (χ1n) is 7.93. The van der Waals surface area contributed by atoms with Crippen LogP contribution in [0.3, 0.4) is 0 Å². The largest absolute Gasteiger partial charge is 0.355 e. The maximum Gasteiger partial charge on any atom is 0.220 e. The number of benzene rings is 2. The van der Waals surface area contributed by atoms with Gasteiger partial charge in [0.25, 0.3) is 0 Å². The second-order valence-electron chi connectivity index (χ2n) is 5.42. The molecular formula is C19H19BrFNO2S. The fourth-order valence-corrected chi connectivity index (χ4v) is 3.26. The van der Waals surface area contributed by atoms with Crippen LogP contribution in [0.2, 0.25) is 0 Å². The van der Waals surface area contributed by atoms with Gasteiger partial charge < -0.3 is 5.32 Å². The van der Waals surface area contributed by atoms with Gasteiger partial charge in [-0.25, -0.2) is 4.39 Å². The fraction of sp³-hybridized carbons (Fsp3) is 0.263. The monoisotopic (exact) mass is 423 g/mol. The van der Waals surface area contributed by atoms with Crippen molar-refractivity contribution in [1.82, 2.24) is 5.32 Å². The van der Waals surface area contributed by atoms with Gasteiger partial charge >= 0.3 is 0 Å². The summed E-state index contributed by atoms with van der Waals surface area (Å²) in [6.45, 7) is 0.504. The van der Waals surface area contributed by atoms with Crippen LogP contribution in [-0.2, 0) is 10.5 Å². The minimum atomic E-state index is -0.203. The predicted molar refractivity (Wildman–Crippen MR) is 103 cm³/mol. The molecule has 2 aromatic rings. The molecule has 1 amide bonds. The van der Waals surface area contributed by atoms with E-state index in [1.807, 2.05) is 6.07 Å². The highest BCUT2D eigenvalue weighted by Crippen LogP contribution is 2.15. The number of hydrogen-bond donors (Lipinski definition) is 1. The first-order valence-corrected chi connectivity index (χ1v) is 9.87. The molecule has 0 aliphatic rings. The van der Waals surface area contributed by atoms with E-state index in [4.69, 9.17) is 0 Å². The van der Waals surface area contributed by atoms with E-state index in [9.17, 15) is 14.0 Å². The lowest BCUT2D eigenvalue weighted by atomic mass is 10.1. The number of ketones is 1. The second-order valence-corrected chi connectivity index (χ2v) is 7.44. The van der Waals surface area contributed by atoms with E-state index in [1.54, 1.807) is 48.2 Å². The highest BCUT2D eigenvalue weighted by Gasteiger charge is 2.09. The molecule has 132 valence electrons. The van der Waals surface area contributed by atoms with Gasteiger partial charge in [0.1, 0.15) is 5.82 Å². The fourth-order valence-electron chi connectivity index (χ4n) is 2.16. The summed E-state index contributed by atoms with van der Waals surface area (Å²) in [4.78, 5) is 23.8. The number of halogens is 2. The Morgan fingerprint density at radius 2 is 1.76 bits per heavy atom. The first kappa shape index (κ1) is 19.7. The Kier molecular flexibility index (Phi) is 8.15. The zero-order valence-electron chi connectivity index (χ0n) is 13.6. The molecule has 25 heavy (non-hydrogen) atoms. The van der Waals surface area contributed by atoms with Crippen LogP contribution in [0.4, 0.5) is 4.39 Å². The molecule has 6 heteroatoms. The molecule has 0 aliphatic carbocycles. The van der Waals surface area contributed by atoms with Crippen LogP contribution in [0, 0.1) is 5.82 Å². The van der Waals surface area contributed by atoms with Gasteiger partial charge in [0, 0.05) is 40.9 Å². The summed E-state index contributed by atoms with van der Waals surface area (Å²) in [6.07, 6.45) is 0.364. The summed E-state index contributed by atoms with van der Waals surface area (Å²) in [5, 5.41) is 2.79. The van der Waals surface area contributed by atoms with Gasteiger partial charge in [-0.2, -0.15) is 11.8 Å². The topological polar surface area (TPSA) is 46.2 Å². The molecule has 0 fully saturated rings. The molecule has 0 aliphatic heterocycles. The molecule has 1 N–H and O–H groups in total. The Labute approximate surface area is 159 Å². The Bertz CT molecular complexity index is 722. The van der Waals surface area contributed by atoms with E-state index in [0.717, 1.165) is 4.47 Å². The van der Waals surface area contributed by atoms with Gasteiger partial charge in [0.05, 0.1) is 0 Å². The van der Waals surface area contributed by atoms with Crippen molar-refractivity contribution in [3.8, 4) is 0 Å². The van der Waals surface area contributed by atoms with E-state index in [1.165, 1.54) is 6.07 Å². The van der Waals surface area contributed by atoms with E-state index < -0.39 is 0 Å². The highest BCUT2D eigenvalue weighted by atomic mass is 79.9. The van der Waals surface area contributed by atoms with Gasteiger partial charge in [-0.05, 0) is 23.8 Å². The third-order valence-corrected chi connectivity index (χ3v) is 5.07.